The standard InChI is InChI=1S/C12H24O/c1-9(2)10(3)7-11-5-6-12(4,13)8-11/h9-11,13H,5-8H2,1-4H3. The zero-order chi connectivity index (χ0) is 10.1. The summed E-state index contributed by atoms with van der Waals surface area (Å²) in [4.78, 5) is 0. The van der Waals surface area contributed by atoms with Gasteiger partial charge in [-0.2, -0.15) is 0 Å². The van der Waals surface area contributed by atoms with E-state index in [0.717, 1.165) is 30.6 Å². The lowest BCUT2D eigenvalue weighted by molar-refractivity contribution is 0.0619. The van der Waals surface area contributed by atoms with Gasteiger partial charge in [0.1, 0.15) is 0 Å². The summed E-state index contributed by atoms with van der Waals surface area (Å²) in [5.41, 5.74) is -0.360. The van der Waals surface area contributed by atoms with Crippen LogP contribution >= 0.6 is 0 Å². The van der Waals surface area contributed by atoms with Crippen LogP contribution in [0.5, 0.6) is 0 Å². The van der Waals surface area contributed by atoms with E-state index in [-0.39, 0.29) is 5.60 Å². The molecule has 78 valence electrons. The summed E-state index contributed by atoms with van der Waals surface area (Å²) in [7, 11) is 0. The maximum atomic E-state index is 9.82. The van der Waals surface area contributed by atoms with Gasteiger partial charge in [-0.25, -0.2) is 0 Å². The Kier molecular flexibility index (Phi) is 3.39. The zero-order valence-electron chi connectivity index (χ0n) is 9.51. The van der Waals surface area contributed by atoms with Crippen LogP contribution in [0.3, 0.4) is 0 Å². The van der Waals surface area contributed by atoms with Crippen molar-refractivity contribution >= 4 is 0 Å². The molecule has 1 rings (SSSR count). The van der Waals surface area contributed by atoms with E-state index in [0.29, 0.717) is 0 Å². The van der Waals surface area contributed by atoms with E-state index in [9.17, 15) is 5.11 Å². The molecule has 0 bridgehead atoms. The summed E-state index contributed by atoms with van der Waals surface area (Å²) in [5, 5.41) is 9.82. The second-order valence-corrected chi connectivity index (χ2v) is 5.56. The SMILES string of the molecule is CC(C)C(C)CC1CCC(C)(O)C1. The maximum Gasteiger partial charge on any atom is 0.0622 e. The Balaban J connectivity index is 2.32. The van der Waals surface area contributed by atoms with Gasteiger partial charge in [0.05, 0.1) is 5.60 Å². The van der Waals surface area contributed by atoms with Gasteiger partial charge in [0.2, 0.25) is 0 Å². The van der Waals surface area contributed by atoms with E-state index in [4.69, 9.17) is 0 Å². The molecule has 1 aliphatic rings. The summed E-state index contributed by atoms with van der Waals surface area (Å²) in [6, 6.07) is 0. The van der Waals surface area contributed by atoms with Crippen LogP contribution < -0.4 is 0 Å². The van der Waals surface area contributed by atoms with Crippen LogP contribution in [0.25, 0.3) is 0 Å². The minimum Gasteiger partial charge on any atom is -0.390 e. The van der Waals surface area contributed by atoms with Gasteiger partial charge >= 0.3 is 0 Å². The molecule has 1 nitrogen and oxygen atoms in total. The third-order valence-electron chi connectivity index (χ3n) is 3.66. The van der Waals surface area contributed by atoms with Crippen LogP contribution in [-0.2, 0) is 0 Å². The van der Waals surface area contributed by atoms with Crippen molar-refractivity contribution in [2.45, 2.75) is 59.0 Å². The number of aliphatic hydroxyl groups is 1. The van der Waals surface area contributed by atoms with E-state index < -0.39 is 0 Å². The number of rotatable bonds is 3. The first-order valence-corrected chi connectivity index (χ1v) is 5.63. The van der Waals surface area contributed by atoms with Gasteiger partial charge in [-0.1, -0.05) is 20.8 Å². The molecular formula is C12H24O. The fourth-order valence-corrected chi connectivity index (χ4v) is 2.34. The molecule has 1 saturated carbocycles. The highest BCUT2D eigenvalue weighted by atomic mass is 16.3. The van der Waals surface area contributed by atoms with Crippen LogP contribution in [0, 0.1) is 17.8 Å². The third kappa shape index (κ3) is 3.30. The Morgan fingerprint density at radius 1 is 1.38 bits per heavy atom. The monoisotopic (exact) mass is 184 g/mol. The lowest BCUT2D eigenvalue weighted by Crippen LogP contribution is -2.19. The number of hydrogen-bond donors (Lipinski definition) is 1. The van der Waals surface area contributed by atoms with Gasteiger partial charge in [0.25, 0.3) is 0 Å². The van der Waals surface area contributed by atoms with Gasteiger partial charge in [0, 0.05) is 0 Å². The van der Waals surface area contributed by atoms with Crippen molar-refractivity contribution in [2.75, 3.05) is 0 Å². The lowest BCUT2D eigenvalue weighted by atomic mass is 9.86. The Morgan fingerprint density at radius 2 is 2.00 bits per heavy atom. The highest BCUT2D eigenvalue weighted by Crippen LogP contribution is 2.38. The Morgan fingerprint density at radius 3 is 2.38 bits per heavy atom. The molecular weight excluding hydrogens is 160 g/mol. The molecule has 3 atom stereocenters. The molecule has 0 radical (unpaired) electrons. The first-order valence-electron chi connectivity index (χ1n) is 5.63. The Labute approximate surface area is 82.5 Å². The molecule has 0 aliphatic heterocycles. The first-order chi connectivity index (χ1) is 5.91. The van der Waals surface area contributed by atoms with Crippen LogP contribution in [0.15, 0.2) is 0 Å². The van der Waals surface area contributed by atoms with Gasteiger partial charge in [-0.15, -0.1) is 0 Å². The van der Waals surface area contributed by atoms with Crippen molar-refractivity contribution in [3.63, 3.8) is 0 Å². The van der Waals surface area contributed by atoms with E-state index >= 15 is 0 Å². The molecule has 1 aliphatic carbocycles. The predicted octanol–water partition coefficient (Wildman–Crippen LogP) is 3.22. The van der Waals surface area contributed by atoms with E-state index in [1.165, 1.54) is 12.8 Å². The first kappa shape index (κ1) is 11.0. The van der Waals surface area contributed by atoms with Gasteiger partial charge in [0.15, 0.2) is 0 Å². The number of hydrogen-bond acceptors (Lipinski definition) is 1. The van der Waals surface area contributed by atoms with Crippen LogP contribution in [0.4, 0.5) is 0 Å². The average Bonchev–Trinajstić information content (AvgIpc) is 2.30. The van der Waals surface area contributed by atoms with Crippen molar-refractivity contribution in [1.82, 2.24) is 0 Å². The molecule has 1 fully saturated rings. The lowest BCUT2D eigenvalue weighted by Gasteiger charge is -2.21. The Hall–Kier alpha value is -0.0400. The van der Waals surface area contributed by atoms with Gasteiger partial charge < -0.3 is 5.11 Å². The van der Waals surface area contributed by atoms with Crippen LogP contribution in [-0.4, -0.2) is 10.7 Å². The molecule has 0 aromatic heterocycles. The average molecular weight is 184 g/mol. The summed E-state index contributed by atoms with van der Waals surface area (Å²) >= 11 is 0. The summed E-state index contributed by atoms with van der Waals surface area (Å²) in [6.45, 7) is 8.89. The van der Waals surface area contributed by atoms with Gasteiger partial charge in [-0.05, 0) is 50.4 Å². The normalized spacial score (nSPS) is 36.9. The third-order valence-corrected chi connectivity index (χ3v) is 3.66. The van der Waals surface area contributed by atoms with Crippen molar-refractivity contribution in [3.05, 3.63) is 0 Å². The van der Waals surface area contributed by atoms with Crippen molar-refractivity contribution < 1.29 is 5.11 Å². The molecule has 3 unspecified atom stereocenters. The molecule has 0 saturated heterocycles. The van der Waals surface area contributed by atoms with E-state index in [1.54, 1.807) is 0 Å². The topological polar surface area (TPSA) is 20.2 Å². The van der Waals surface area contributed by atoms with Crippen LogP contribution in [0.2, 0.25) is 0 Å². The van der Waals surface area contributed by atoms with Crippen LogP contribution in [0.1, 0.15) is 53.4 Å². The minimum atomic E-state index is -0.360. The minimum absolute atomic E-state index is 0.360. The molecule has 0 amide bonds. The molecule has 0 aromatic carbocycles. The van der Waals surface area contributed by atoms with E-state index in [2.05, 4.69) is 20.8 Å². The fourth-order valence-electron chi connectivity index (χ4n) is 2.34. The molecule has 1 N–H and O–H groups in total. The fraction of sp³-hybridized carbons (Fsp3) is 1.00. The summed E-state index contributed by atoms with van der Waals surface area (Å²) in [5.74, 6) is 2.36. The largest absolute Gasteiger partial charge is 0.390 e. The second-order valence-electron chi connectivity index (χ2n) is 5.56. The molecule has 0 heterocycles. The summed E-state index contributed by atoms with van der Waals surface area (Å²) in [6.07, 6.45) is 4.55. The predicted molar refractivity (Wildman–Crippen MR) is 56.6 cm³/mol. The van der Waals surface area contributed by atoms with Crippen molar-refractivity contribution in [1.29, 1.82) is 0 Å². The summed E-state index contributed by atoms with van der Waals surface area (Å²) < 4.78 is 0. The molecule has 1 heteroatoms. The van der Waals surface area contributed by atoms with Crippen molar-refractivity contribution in [2.24, 2.45) is 17.8 Å². The highest BCUT2D eigenvalue weighted by Gasteiger charge is 2.33. The Bertz CT molecular complexity index is 161. The second kappa shape index (κ2) is 4.00. The maximum absolute atomic E-state index is 9.82. The molecule has 0 spiro atoms. The zero-order valence-corrected chi connectivity index (χ0v) is 9.51. The van der Waals surface area contributed by atoms with Crippen molar-refractivity contribution in [3.8, 4) is 0 Å². The molecule has 0 aromatic rings. The highest BCUT2D eigenvalue weighted by molar-refractivity contribution is 4.86. The van der Waals surface area contributed by atoms with Gasteiger partial charge in [-0.3, -0.25) is 0 Å². The quantitative estimate of drug-likeness (QED) is 0.714. The molecule has 13 heavy (non-hydrogen) atoms. The smallest absolute Gasteiger partial charge is 0.0622 e. The van der Waals surface area contributed by atoms with E-state index in [1.807, 2.05) is 6.92 Å².